The summed E-state index contributed by atoms with van der Waals surface area (Å²) in [5.41, 5.74) is -1.33. The molecule has 0 saturated heterocycles. The van der Waals surface area contributed by atoms with Crippen LogP contribution in [0.2, 0.25) is 0 Å². The normalized spacial score (nSPS) is 16.0. The predicted octanol–water partition coefficient (Wildman–Crippen LogP) is 3.32. The number of nitriles is 1. The molecule has 0 aliphatic heterocycles. The molecule has 0 bridgehead atoms. The maximum absolute atomic E-state index is 13.7. The van der Waals surface area contributed by atoms with E-state index in [-0.39, 0.29) is 16.8 Å². The molecule has 0 atom stereocenters. The monoisotopic (exact) mass is 286 g/mol. The van der Waals surface area contributed by atoms with Crippen LogP contribution in [0.25, 0.3) is 10.4 Å². The molecule has 3 nitrogen and oxygen atoms in total. The first kappa shape index (κ1) is 14.3. The molecule has 6 heteroatoms. The third-order valence-corrected chi connectivity index (χ3v) is 2.75. The minimum Gasteiger partial charge on any atom is -0.289 e. The van der Waals surface area contributed by atoms with Gasteiger partial charge in [-0.05, 0) is 11.6 Å². The lowest BCUT2D eigenvalue weighted by molar-refractivity contribution is -0.109. The van der Waals surface area contributed by atoms with Gasteiger partial charge in [0.05, 0.1) is 18.2 Å². The number of carbonyl (C=O) groups is 1. The fraction of sp³-hybridized carbons (Fsp3) is 0. The van der Waals surface area contributed by atoms with E-state index in [0.717, 1.165) is 12.2 Å². The molecule has 0 radical (unpaired) electrons. The number of ketones is 1. The van der Waals surface area contributed by atoms with Gasteiger partial charge in [-0.25, -0.2) is 23.3 Å². The highest BCUT2D eigenvalue weighted by Crippen LogP contribution is 2.29. The Morgan fingerprint density at radius 1 is 1.19 bits per heavy atom. The van der Waals surface area contributed by atoms with Crippen LogP contribution < -0.4 is 0 Å². The van der Waals surface area contributed by atoms with E-state index in [9.17, 15) is 18.0 Å². The molecule has 0 unspecified atom stereocenters. The summed E-state index contributed by atoms with van der Waals surface area (Å²) in [5, 5.41) is 8.78. The highest BCUT2D eigenvalue weighted by atomic mass is 19.1. The molecule has 0 saturated carbocycles. The van der Waals surface area contributed by atoms with Crippen molar-refractivity contribution in [3.63, 3.8) is 0 Å². The van der Waals surface area contributed by atoms with E-state index < -0.39 is 28.8 Å². The molecule has 21 heavy (non-hydrogen) atoms. The van der Waals surface area contributed by atoms with E-state index >= 15 is 0 Å². The fourth-order valence-corrected chi connectivity index (χ4v) is 1.83. The lowest BCUT2D eigenvalue weighted by atomic mass is 9.93. The number of allylic oxidation sites excluding steroid dienone is 6. The Hall–Kier alpha value is -3.12. The molecule has 1 aromatic carbocycles. The summed E-state index contributed by atoms with van der Waals surface area (Å²) in [6, 6.07) is 2.52. The average Bonchev–Trinajstić information content (AvgIpc) is 2.42. The van der Waals surface area contributed by atoms with Gasteiger partial charge in [0.25, 0.3) is 5.70 Å². The second kappa shape index (κ2) is 5.48. The molecule has 1 aliphatic rings. The van der Waals surface area contributed by atoms with Crippen LogP contribution in [-0.2, 0) is 4.79 Å². The zero-order chi connectivity index (χ0) is 15.6. The maximum Gasteiger partial charge on any atom is 0.268 e. The largest absolute Gasteiger partial charge is 0.289 e. The maximum atomic E-state index is 13.7. The van der Waals surface area contributed by atoms with Crippen LogP contribution in [0.15, 0.2) is 41.6 Å². The third kappa shape index (κ3) is 2.60. The van der Waals surface area contributed by atoms with Gasteiger partial charge in [0.2, 0.25) is 0 Å². The van der Waals surface area contributed by atoms with Gasteiger partial charge in [0.1, 0.15) is 17.5 Å². The van der Waals surface area contributed by atoms with Crippen LogP contribution in [-0.4, -0.2) is 5.78 Å². The number of carbonyl (C=O) groups excluding carboxylic acids is 1. The minimum atomic E-state index is -1.23. The van der Waals surface area contributed by atoms with Gasteiger partial charge in [-0.3, -0.25) is 4.79 Å². The van der Waals surface area contributed by atoms with Gasteiger partial charge >= 0.3 is 0 Å². The first-order valence-corrected chi connectivity index (χ1v) is 5.58. The standard InChI is InChI=1S/C15H5F3N2O/c1-20-13(7-19)8-2-3-14(21)10(4-8)15-11(17)5-9(16)6-12(15)18/h2-6H/b13-8+. The van der Waals surface area contributed by atoms with Crippen LogP contribution in [0.5, 0.6) is 0 Å². The number of nitrogens with zero attached hydrogens (tertiary/aromatic N) is 2. The summed E-state index contributed by atoms with van der Waals surface area (Å²) >= 11 is 0. The fourth-order valence-electron chi connectivity index (χ4n) is 1.83. The van der Waals surface area contributed by atoms with Gasteiger partial charge in [0, 0.05) is 17.7 Å². The number of benzene rings is 1. The molecular weight excluding hydrogens is 281 g/mol. The Bertz CT molecular complexity index is 781. The molecule has 1 aromatic rings. The van der Waals surface area contributed by atoms with Crippen molar-refractivity contribution < 1.29 is 18.0 Å². The SMILES string of the molecule is [C-]#[N+]/C(C#N)=C1\C=CC(=O)C(c2c(F)cc(F)cc2F)=C1. The molecule has 0 spiro atoms. The molecule has 0 N–H and O–H groups in total. The van der Waals surface area contributed by atoms with Crippen LogP contribution in [0.3, 0.4) is 0 Å². The smallest absolute Gasteiger partial charge is 0.268 e. The quantitative estimate of drug-likeness (QED) is 0.587. The van der Waals surface area contributed by atoms with Crippen molar-refractivity contribution in [2.75, 3.05) is 0 Å². The number of halogens is 3. The number of rotatable bonds is 1. The van der Waals surface area contributed by atoms with Crippen molar-refractivity contribution in [3.05, 3.63) is 76.1 Å². The van der Waals surface area contributed by atoms with Crippen molar-refractivity contribution in [2.24, 2.45) is 0 Å². The van der Waals surface area contributed by atoms with E-state index in [4.69, 9.17) is 11.8 Å². The van der Waals surface area contributed by atoms with Crippen LogP contribution in [0.4, 0.5) is 13.2 Å². The van der Waals surface area contributed by atoms with Crippen LogP contribution >= 0.6 is 0 Å². The molecule has 0 fully saturated rings. The Morgan fingerprint density at radius 3 is 2.33 bits per heavy atom. The van der Waals surface area contributed by atoms with Crippen molar-refractivity contribution in [1.29, 1.82) is 5.26 Å². The van der Waals surface area contributed by atoms with E-state index in [2.05, 4.69) is 4.85 Å². The van der Waals surface area contributed by atoms with Gasteiger partial charge < -0.3 is 0 Å². The Kier molecular flexibility index (Phi) is 3.73. The Balaban J connectivity index is 2.70. The minimum absolute atomic E-state index is 0.0604. The Morgan fingerprint density at radius 2 is 1.81 bits per heavy atom. The topological polar surface area (TPSA) is 45.2 Å². The summed E-state index contributed by atoms with van der Waals surface area (Å²) < 4.78 is 40.3. The van der Waals surface area contributed by atoms with Crippen molar-refractivity contribution >= 4 is 11.4 Å². The van der Waals surface area contributed by atoms with Crippen LogP contribution in [0, 0.1) is 35.4 Å². The van der Waals surface area contributed by atoms with Crippen molar-refractivity contribution in [3.8, 4) is 6.07 Å². The zero-order valence-electron chi connectivity index (χ0n) is 10.3. The van der Waals surface area contributed by atoms with Gasteiger partial charge in [-0.1, -0.05) is 12.2 Å². The molecule has 0 heterocycles. The summed E-state index contributed by atoms with van der Waals surface area (Å²) in [4.78, 5) is 14.7. The number of hydrogen-bond acceptors (Lipinski definition) is 2. The molecule has 0 amide bonds. The zero-order valence-corrected chi connectivity index (χ0v) is 10.3. The van der Waals surface area contributed by atoms with Crippen molar-refractivity contribution in [1.82, 2.24) is 0 Å². The highest BCUT2D eigenvalue weighted by molar-refractivity contribution is 6.28. The summed E-state index contributed by atoms with van der Waals surface area (Å²) in [5.74, 6) is -4.28. The summed E-state index contributed by atoms with van der Waals surface area (Å²) in [7, 11) is 0. The Labute approximate surface area is 117 Å². The molecule has 2 rings (SSSR count). The molecule has 1 aliphatic carbocycles. The predicted molar refractivity (Wildman–Crippen MR) is 67.7 cm³/mol. The first-order valence-electron chi connectivity index (χ1n) is 5.58. The van der Waals surface area contributed by atoms with E-state index in [1.54, 1.807) is 6.07 Å². The lowest BCUT2D eigenvalue weighted by Gasteiger charge is -2.11. The first-order chi connectivity index (χ1) is 9.97. The molecule has 0 aromatic heterocycles. The van der Waals surface area contributed by atoms with Crippen LogP contribution in [0.1, 0.15) is 5.56 Å². The summed E-state index contributed by atoms with van der Waals surface area (Å²) in [6.07, 6.45) is 3.25. The summed E-state index contributed by atoms with van der Waals surface area (Å²) in [6.45, 7) is 6.83. The third-order valence-electron chi connectivity index (χ3n) is 2.75. The van der Waals surface area contributed by atoms with E-state index in [1.807, 2.05) is 0 Å². The second-order valence-corrected chi connectivity index (χ2v) is 4.03. The number of hydrogen-bond donors (Lipinski definition) is 0. The lowest BCUT2D eigenvalue weighted by Crippen LogP contribution is -2.07. The second-order valence-electron chi connectivity index (χ2n) is 4.03. The van der Waals surface area contributed by atoms with Gasteiger partial charge in [-0.15, -0.1) is 0 Å². The van der Waals surface area contributed by atoms with Crippen molar-refractivity contribution in [2.45, 2.75) is 0 Å². The van der Waals surface area contributed by atoms with E-state index in [0.29, 0.717) is 12.1 Å². The molecular formula is C15H5F3N2O. The van der Waals surface area contributed by atoms with Gasteiger partial charge in [-0.2, -0.15) is 0 Å². The van der Waals surface area contributed by atoms with E-state index in [1.165, 1.54) is 6.08 Å². The molecule has 102 valence electrons. The average molecular weight is 286 g/mol. The highest BCUT2D eigenvalue weighted by Gasteiger charge is 2.22. The van der Waals surface area contributed by atoms with Gasteiger partial charge in [0.15, 0.2) is 5.78 Å².